The number of ether oxygens (including phenoxy) is 1. The number of hydrogen-bond acceptors (Lipinski definition) is 7. The van der Waals surface area contributed by atoms with E-state index in [0.717, 1.165) is 6.07 Å². The van der Waals surface area contributed by atoms with Gasteiger partial charge in [0.05, 0.1) is 28.4 Å². The summed E-state index contributed by atoms with van der Waals surface area (Å²) in [7, 11) is 0. The second-order valence-corrected chi connectivity index (χ2v) is 7.46. The van der Waals surface area contributed by atoms with Gasteiger partial charge in [-0.3, -0.25) is 19.6 Å². The molecular weight excluding hydrogens is 417 g/mol. The number of fused-ring (bicyclic) bond motifs is 1. The lowest BCUT2D eigenvalue weighted by atomic mass is 10.1. The van der Waals surface area contributed by atoms with Crippen LogP contribution < -0.4 is 15.8 Å². The number of carbonyl (C=O) groups is 2. The van der Waals surface area contributed by atoms with Crippen molar-refractivity contribution in [1.29, 1.82) is 0 Å². The number of nitrogens with two attached hydrogens (primary N) is 1. The highest BCUT2D eigenvalue weighted by atomic mass is 19.1. The van der Waals surface area contributed by atoms with Crippen molar-refractivity contribution >= 4 is 28.4 Å². The van der Waals surface area contributed by atoms with E-state index in [1.165, 1.54) is 18.4 Å². The first-order valence-corrected chi connectivity index (χ1v) is 9.69. The van der Waals surface area contributed by atoms with E-state index in [9.17, 15) is 14.0 Å². The molecule has 0 aliphatic heterocycles. The van der Waals surface area contributed by atoms with Gasteiger partial charge in [0.25, 0.3) is 0 Å². The summed E-state index contributed by atoms with van der Waals surface area (Å²) >= 11 is 0. The molecule has 0 atom stereocenters. The van der Waals surface area contributed by atoms with Crippen LogP contribution in [-0.2, 0) is 9.59 Å². The van der Waals surface area contributed by atoms with Crippen LogP contribution in [0.2, 0.25) is 0 Å². The number of hydrogen-bond donors (Lipinski definition) is 2. The molecule has 1 aromatic carbocycles. The lowest BCUT2D eigenvalue weighted by Gasteiger charge is -2.13. The Kier molecular flexibility index (Phi) is 4.54. The van der Waals surface area contributed by atoms with Crippen LogP contribution in [0, 0.1) is 11.2 Å². The van der Waals surface area contributed by atoms with Crippen LogP contribution in [0.25, 0.3) is 22.2 Å². The van der Waals surface area contributed by atoms with E-state index in [1.807, 2.05) is 0 Å². The maximum atomic E-state index is 14.7. The lowest BCUT2D eigenvalue weighted by molar-refractivity contribution is -0.132. The molecule has 4 aromatic rings. The molecule has 32 heavy (non-hydrogen) atoms. The van der Waals surface area contributed by atoms with Crippen LogP contribution in [0.5, 0.6) is 11.5 Å². The highest BCUT2D eigenvalue weighted by Crippen LogP contribution is 2.46. The number of aromatic nitrogens is 3. The molecule has 1 saturated carbocycles. The lowest BCUT2D eigenvalue weighted by Crippen LogP contribution is -2.36. The Morgan fingerprint density at radius 1 is 1.12 bits per heavy atom. The molecular formula is C22H16FN5O4. The SMILES string of the molecule is NC(=O)C1(C(=O)Nc2ccc(Oc3ccnc4cc(-c5cnoc5)ncc34)c(F)c2)CC1. The third-order valence-electron chi connectivity index (χ3n) is 5.38. The van der Waals surface area contributed by atoms with Gasteiger partial charge in [-0.1, -0.05) is 5.16 Å². The second kappa shape index (κ2) is 7.41. The largest absolute Gasteiger partial charge is 0.453 e. The number of nitrogens with zero attached hydrogens (tertiary/aromatic N) is 3. The van der Waals surface area contributed by atoms with Crippen molar-refractivity contribution in [2.24, 2.45) is 11.1 Å². The molecule has 1 aliphatic rings. The zero-order valence-electron chi connectivity index (χ0n) is 16.5. The molecule has 0 saturated heterocycles. The Balaban J connectivity index is 1.38. The van der Waals surface area contributed by atoms with Gasteiger partial charge in [-0.15, -0.1) is 0 Å². The summed E-state index contributed by atoms with van der Waals surface area (Å²) in [4.78, 5) is 32.5. The minimum atomic E-state index is -1.19. The summed E-state index contributed by atoms with van der Waals surface area (Å²) in [5.74, 6) is -1.59. The van der Waals surface area contributed by atoms with Crippen molar-refractivity contribution in [2.75, 3.05) is 5.32 Å². The number of anilines is 1. The smallest absolute Gasteiger partial charge is 0.240 e. The Labute approximate surface area is 180 Å². The average Bonchev–Trinajstić information content (AvgIpc) is 3.43. The van der Waals surface area contributed by atoms with Crippen molar-refractivity contribution in [3.8, 4) is 22.8 Å². The molecule has 0 bridgehead atoms. The van der Waals surface area contributed by atoms with Crippen LogP contribution in [0.4, 0.5) is 10.1 Å². The minimum Gasteiger partial charge on any atom is -0.453 e. The maximum Gasteiger partial charge on any atom is 0.240 e. The van der Waals surface area contributed by atoms with Gasteiger partial charge in [0.1, 0.15) is 17.4 Å². The van der Waals surface area contributed by atoms with Gasteiger partial charge in [0, 0.05) is 24.1 Å². The van der Waals surface area contributed by atoms with E-state index >= 15 is 0 Å². The van der Waals surface area contributed by atoms with E-state index in [4.69, 9.17) is 15.0 Å². The molecule has 2 amide bonds. The van der Waals surface area contributed by atoms with Crippen molar-refractivity contribution in [3.63, 3.8) is 0 Å². The summed E-state index contributed by atoms with van der Waals surface area (Å²) in [5.41, 5.74) is 6.23. The fourth-order valence-corrected chi connectivity index (χ4v) is 3.34. The van der Waals surface area contributed by atoms with Crippen molar-refractivity contribution < 1.29 is 23.2 Å². The van der Waals surface area contributed by atoms with Crippen LogP contribution in [-0.4, -0.2) is 26.9 Å². The highest BCUT2D eigenvalue weighted by molar-refractivity contribution is 6.12. The zero-order chi connectivity index (χ0) is 22.3. The molecule has 0 radical (unpaired) electrons. The minimum absolute atomic E-state index is 0.0466. The average molecular weight is 433 g/mol. The van der Waals surface area contributed by atoms with E-state index in [-0.39, 0.29) is 11.4 Å². The van der Waals surface area contributed by atoms with Crippen LogP contribution >= 0.6 is 0 Å². The first-order chi connectivity index (χ1) is 15.5. The predicted octanol–water partition coefficient (Wildman–Crippen LogP) is 3.42. The fraction of sp³-hybridized carbons (Fsp3) is 0.136. The van der Waals surface area contributed by atoms with E-state index in [0.29, 0.717) is 40.8 Å². The highest BCUT2D eigenvalue weighted by Gasteiger charge is 2.55. The summed E-state index contributed by atoms with van der Waals surface area (Å²) in [6.45, 7) is 0. The zero-order valence-corrected chi connectivity index (χ0v) is 16.5. The molecule has 3 N–H and O–H groups in total. The van der Waals surface area contributed by atoms with E-state index in [1.54, 1.807) is 30.7 Å². The van der Waals surface area contributed by atoms with Crippen molar-refractivity contribution in [1.82, 2.24) is 15.1 Å². The number of amides is 2. The summed E-state index contributed by atoms with van der Waals surface area (Å²) in [6.07, 6.45) is 6.91. The maximum absolute atomic E-state index is 14.7. The number of primary amides is 1. The third kappa shape index (κ3) is 3.41. The second-order valence-electron chi connectivity index (χ2n) is 7.46. The molecule has 10 heteroatoms. The number of nitrogens with one attached hydrogen (secondary N) is 1. The first-order valence-electron chi connectivity index (χ1n) is 9.69. The number of halogens is 1. The van der Waals surface area contributed by atoms with Crippen LogP contribution in [0.3, 0.4) is 0 Å². The van der Waals surface area contributed by atoms with Gasteiger partial charge in [0.2, 0.25) is 11.8 Å². The molecule has 3 heterocycles. The van der Waals surface area contributed by atoms with Crippen LogP contribution in [0.15, 0.2) is 59.7 Å². The van der Waals surface area contributed by atoms with Gasteiger partial charge in [-0.2, -0.15) is 0 Å². The predicted molar refractivity (Wildman–Crippen MR) is 111 cm³/mol. The normalized spacial score (nSPS) is 14.2. The number of rotatable bonds is 6. The Hall–Kier alpha value is -4.34. The van der Waals surface area contributed by atoms with E-state index < -0.39 is 23.0 Å². The summed E-state index contributed by atoms with van der Waals surface area (Å²) in [6, 6.07) is 7.34. The Morgan fingerprint density at radius 2 is 1.97 bits per heavy atom. The molecule has 3 aromatic heterocycles. The molecule has 0 spiro atoms. The third-order valence-corrected chi connectivity index (χ3v) is 5.38. The standard InChI is InChI=1S/C22H16FN5O4/c23-15-7-13(28-21(30)22(4-5-22)20(24)29)1-2-19(15)32-18-3-6-25-17-8-16(26-10-14(17)18)12-9-27-31-11-12/h1-3,6-11H,4-5H2,(H2,24,29)(H,28,30). The Morgan fingerprint density at radius 3 is 2.66 bits per heavy atom. The molecule has 160 valence electrons. The van der Waals surface area contributed by atoms with Gasteiger partial charge < -0.3 is 20.3 Å². The topological polar surface area (TPSA) is 133 Å². The number of pyridine rings is 2. The van der Waals surface area contributed by atoms with Gasteiger partial charge in [-0.05, 0) is 37.1 Å². The van der Waals surface area contributed by atoms with Gasteiger partial charge in [0.15, 0.2) is 11.6 Å². The molecule has 0 unspecified atom stereocenters. The van der Waals surface area contributed by atoms with Gasteiger partial charge >= 0.3 is 0 Å². The molecule has 1 aliphatic carbocycles. The summed E-state index contributed by atoms with van der Waals surface area (Å²) < 4.78 is 25.3. The van der Waals surface area contributed by atoms with E-state index in [2.05, 4.69) is 20.4 Å². The first kappa shape index (κ1) is 19.6. The molecule has 1 fully saturated rings. The van der Waals surface area contributed by atoms with Crippen molar-refractivity contribution in [2.45, 2.75) is 12.8 Å². The fourth-order valence-electron chi connectivity index (χ4n) is 3.34. The number of benzene rings is 1. The molecule has 9 nitrogen and oxygen atoms in total. The summed E-state index contributed by atoms with van der Waals surface area (Å²) in [5, 5.41) is 6.79. The number of carbonyl (C=O) groups excluding carboxylic acids is 2. The van der Waals surface area contributed by atoms with Crippen molar-refractivity contribution in [3.05, 3.63) is 61.0 Å². The van der Waals surface area contributed by atoms with Gasteiger partial charge in [-0.25, -0.2) is 4.39 Å². The molecule has 5 rings (SSSR count). The monoisotopic (exact) mass is 433 g/mol. The van der Waals surface area contributed by atoms with Crippen LogP contribution in [0.1, 0.15) is 12.8 Å². The quantitative estimate of drug-likeness (QED) is 0.445. The Bertz CT molecular complexity index is 1350.